The molecule has 0 atom stereocenters. The van der Waals surface area contributed by atoms with Crippen LogP contribution in [0.15, 0.2) is 110 Å². The fourth-order valence-electron chi connectivity index (χ4n) is 3.56. The van der Waals surface area contributed by atoms with Crippen molar-refractivity contribution < 1.29 is 33.3 Å². The zero-order valence-corrected chi connectivity index (χ0v) is 20.4. The van der Waals surface area contributed by atoms with Crippen LogP contribution in [0.25, 0.3) is 21.9 Å². The molecule has 190 valence electrons. The maximum Gasteiger partial charge on any atom is 0.343 e. The third kappa shape index (κ3) is 6.73. The van der Waals surface area contributed by atoms with E-state index in [9.17, 15) is 14.4 Å². The average Bonchev–Trinajstić information content (AvgIpc) is 2.96. The van der Waals surface area contributed by atoms with E-state index in [0.29, 0.717) is 17.1 Å². The van der Waals surface area contributed by atoms with Crippen LogP contribution in [-0.4, -0.2) is 24.7 Å². The van der Waals surface area contributed by atoms with E-state index in [1.165, 1.54) is 0 Å². The van der Waals surface area contributed by atoms with Crippen molar-refractivity contribution >= 4 is 28.7 Å². The minimum absolute atomic E-state index is 0.186. The first-order valence-corrected chi connectivity index (χ1v) is 11.6. The summed E-state index contributed by atoms with van der Waals surface area (Å²) in [4.78, 5) is 34.9. The summed E-state index contributed by atoms with van der Waals surface area (Å²) < 4.78 is 20.6. The lowest BCUT2D eigenvalue weighted by molar-refractivity contribution is -0.144. The molecule has 0 unspecified atom stereocenters. The lowest BCUT2D eigenvalue weighted by Crippen LogP contribution is -2.09. The predicted molar refractivity (Wildman–Crippen MR) is 143 cm³/mol. The van der Waals surface area contributed by atoms with Crippen LogP contribution in [-0.2, 0) is 25.7 Å². The number of carbonyl (C=O) groups is 3. The number of rotatable bonds is 10. The number of ether oxygens (including phenoxy) is 4. The highest BCUT2D eigenvalue weighted by molar-refractivity contribution is 5.92. The van der Waals surface area contributed by atoms with Crippen molar-refractivity contribution in [3.8, 4) is 22.6 Å². The monoisotopic (exact) mass is 508 g/mol. The molecule has 0 aliphatic heterocycles. The minimum Gasteiger partial charge on any atom is -0.458 e. The van der Waals surface area contributed by atoms with Crippen molar-refractivity contribution in [2.45, 2.75) is 6.61 Å². The van der Waals surface area contributed by atoms with Crippen LogP contribution in [0.4, 0.5) is 0 Å². The number of hydrogen-bond donors (Lipinski definition) is 0. The fourth-order valence-corrected chi connectivity index (χ4v) is 3.56. The molecule has 38 heavy (non-hydrogen) atoms. The summed E-state index contributed by atoms with van der Waals surface area (Å²) in [6, 6.07) is 25.5. The van der Waals surface area contributed by atoms with Gasteiger partial charge in [0.15, 0.2) is 0 Å². The predicted octanol–water partition coefficient (Wildman–Crippen LogP) is 6.02. The van der Waals surface area contributed by atoms with Crippen molar-refractivity contribution in [1.29, 1.82) is 0 Å². The molecule has 4 aromatic carbocycles. The van der Waals surface area contributed by atoms with Gasteiger partial charge in [-0.1, -0.05) is 49.6 Å². The van der Waals surface area contributed by atoms with Crippen LogP contribution in [0, 0.1) is 0 Å². The largest absolute Gasteiger partial charge is 0.458 e. The first-order chi connectivity index (χ1) is 18.4. The highest BCUT2D eigenvalue weighted by Crippen LogP contribution is 2.26. The molecule has 4 aromatic rings. The van der Waals surface area contributed by atoms with Gasteiger partial charge in [0, 0.05) is 12.2 Å². The Bertz CT molecular complexity index is 1490. The van der Waals surface area contributed by atoms with Crippen LogP contribution < -0.4 is 9.47 Å². The van der Waals surface area contributed by atoms with Gasteiger partial charge >= 0.3 is 17.9 Å². The first-order valence-electron chi connectivity index (χ1n) is 11.6. The van der Waals surface area contributed by atoms with Gasteiger partial charge in [-0.2, -0.15) is 0 Å². The lowest BCUT2D eigenvalue weighted by Gasteiger charge is -2.09. The minimum atomic E-state index is -0.582. The van der Waals surface area contributed by atoms with Crippen molar-refractivity contribution in [2.75, 3.05) is 6.79 Å². The normalized spacial score (nSPS) is 10.3. The molecule has 0 aliphatic rings. The molecule has 0 aliphatic carbocycles. The summed E-state index contributed by atoms with van der Waals surface area (Å²) >= 11 is 0. The Morgan fingerprint density at radius 3 is 1.97 bits per heavy atom. The number of fused-ring (bicyclic) bond motifs is 1. The molecule has 0 saturated heterocycles. The molecule has 7 nitrogen and oxygen atoms in total. The van der Waals surface area contributed by atoms with E-state index in [1.807, 2.05) is 42.5 Å². The first kappa shape index (κ1) is 25.9. The SMILES string of the molecule is C=CC(=O)OCOc1ccc(OC(=O)c2ccc(-c3ccc4cc(COC(=O)C=C)ccc4c3)cc2)cc1. The zero-order valence-electron chi connectivity index (χ0n) is 20.4. The molecule has 4 rings (SSSR count). The van der Waals surface area contributed by atoms with Crippen molar-refractivity contribution in [3.63, 3.8) is 0 Å². The standard InChI is InChI=1S/C31H24O7/c1-3-29(32)35-19-21-5-6-26-18-25(12-11-24(26)17-21)22-7-9-23(10-8-22)31(34)38-28-15-13-27(14-16-28)36-20-37-30(33)4-2/h3-18H,1-2,19-20H2. The van der Waals surface area contributed by atoms with Gasteiger partial charge in [0.25, 0.3) is 0 Å². The van der Waals surface area contributed by atoms with E-state index in [0.717, 1.165) is 39.6 Å². The average molecular weight is 509 g/mol. The van der Waals surface area contributed by atoms with Crippen LogP contribution in [0.3, 0.4) is 0 Å². The van der Waals surface area contributed by atoms with Gasteiger partial charge in [-0.3, -0.25) is 0 Å². The molecule has 0 aromatic heterocycles. The number of carbonyl (C=O) groups excluding carboxylic acids is 3. The van der Waals surface area contributed by atoms with Gasteiger partial charge < -0.3 is 18.9 Å². The van der Waals surface area contributed by atoms with Crippen molar-refractivity contribution in [1.82, 2.24) is 0 Å². The third-order valence-electron chi connectivity index (χ3n) is 5.53. The Labute approximate surface area is 219 Å². The second kappa shape index (κ2) is 12.2. The lowest BCUT2D eigenvalue weighted by atomic mass is 9.99. The van der Waals surface area contributed by atoms with Crippen LogP contribution >= 0.6 is 0 Å². The zero-order chi connectivity index (χ0) is 26.9. The third-order valence-corrected chi connectivity index (χ3v) is 5.53. The van der Waals surface area contributed by atoms with Gasteiger partial charge in [0.05, 0.1) is 5.56 Å². The highest BCUT2D eigenvalue weighted by atomic mass is 16.7. The molecule has 0 radical (unpaired) electrons. The van der Waals surface area contributed by atoms with Gasteiger partial charge in [-0.05, 0) is 76.0 Å². The summed E-state index contributed by atoms with van der Waals surface area (Å²) in [7, 11) is 0. The van der Waals surface area contributed by atoms with Gasteiger partial charge in [-0.25, -0.2) is 14.4 Å². The molecular weight excluding hydrogens is 484 g/mol. The molecule has 0 bridgehead atoms. The van der Waals surface area contributed by atoms with E-state index >= 15 is 0 Å². The Hall–Kier alpha value is -5.17. The smallest absolute Gasteiger partial charge is 0.343 e. The van der Waals surface area contributed by atoms with Gasteiger partial charge in [0.2, 0.25) is 6.79 Å². The van der Waals surface area contributed by atoms with E-state index in [4.69, 9.17) is 18.9 Å². The Kier molecular flexibility index (Phi) is 8.31. The Morgan fingerprint density at radius 2 is 1.26 bits per heavy atom. The second-order valence-corrected chi connectivity index (χ2v) is 8.08. The fraction of sp³-hybridized carbons (Fsp3) is 0.0645. The number of hydrogen-bond acceptors (Lipinski definition) is 7. The number of esters is 3. The second-order valence-electron chi connectivity index (χ2n) is 8.08. The number of benzene rings is 4. The molecule has 0 saturated carbocycles. The Balaban J connectivity index is 1.37. The van der Waals surface area contributed by atoms with E-state index in [-0.39, 0.29) is 13.4 Å². The van der Waals surface area contributed by atoms with Gasteiger partial charge in [0.1, 0.15) is 18.1 Å². The molecule has 7 heteroatoms. The van der Waals surface area contributed by atoms with E-state index in [1.54, 1.807) is 36.4 Å². The molecule has 0 spiro atoms. The molecule has 0 fully saturated rings. The van der Waals surface area contributed by atoms with E-state index < -0.39 is 17.9 Å². The summed E-state index contributed by atoms with van der Waals surface area (Å²) in [5, 5.41) is 2.06. The maximum absolute atomic E-state index is 12.6. The molecule has 0 N–H and O–H groups in total. The van der Waals surface area contributed by atoms with Crippen LogP contribution in [0.1, 0.15) is 15.9 Å². The summed E-state index contributed by atoms with van der Waals surface area (Å²) in [6.45, 7) is 6.63. The molecule has 0 amide bonds. The molecule has 0 heterocycles. The van der Waals surface area contributed by atoms with Crippen molar-refractivity contribution in [2.24, 2.45) is 0 Å². The van der Waals surface area contributed by atoms with Crippen molar-refractivity contribution in [3.05, 3.63) is 121 Å². The summed E-state index contributed by atoms with van der Waals surface area (Å²) in [5.41, 5.74) is 3.24. The van der Waals surface area contributed by atoms with Crippen LogP contribution in [0.2, 0.25) is 0 Å². The summed E-state index contributed by atoms with van der Waals surface area (Å²) in [6.07, 6.45) is 2.19. The van der Waals surface area contributed by atoms with E-state index in [2.05, 4.69) is 19.2 Å². The van der Waals surface area contributed by atoms with Gasteiger partial charge in [-0.15, -0.1) is 0 Å². The Morgan fingerprint density at radius 1 is 0.658 bits per heavy atom. The maximum atomic E-state index is 12.6. The molecular formula is C31H24O7. The van der Waals surface area contributed by atoms with Crippen LogP contribution in [0.5, 0.6) is 11.5 Å². The summed E-state index contributed by atoms with van der Waals surface area (Å²) in [5.74, 6) is -0.729. The topological polar surface area (TPSA) is 88.1 Å². The highest BCUT2D eigenvalue weighted by Gasteiger charge is 2.10. The quantitative estimate of drug-likeness (QED) is 0.112.